The van der Waals surface area contributed by atoms with Crippen LogP contribution in [0.25, 0.3) is 0 Å². The molecule has 23 heteroatoms. The molecule has 7 heterocycles. The lowest BCUT2D eigenvalue weighted by atomic mass is 10.2. The number of nitrogens with zero attached hydrogens (tertiary/aromatic N) is 6. The quantitative estimate of drug-likeness (QED) is 0.122. The number of amides is 6. The minimum absolute atomic E-state index is 0.00926. The monoisotopic (exact) mass is 1060 g/mol. The van der Waals surface area contributed by atoms with E-state index < -0.39 is 57.7 Å². The van der Waals surface area contributed by atoms with E-state index in [0.29, 0.717) is 38.5 Å². The molecule has 0 atom stereocenters. The summed E-state index contributed by atoms with van der Waals surface area (Å²) in [6.45, 7) is 3.99. The zero-order chi connectivity index (χ0) is 55.3. The molecule has 5 aromatic rings. The van der Waals surface area contributed by atoms with Gasteiger partial charge < -0.3 is 50.1 Å². The summed E-state index contributed by atoms with van der Waals surface area (Å²) in [5.74, 6) is -4.06. The van der Waals surface area contributed by atoms with Gasteiger partial charge in [0.25, 0.3) is 57.7 Å². The molecule has 0 aliphatic carbocycles. The molecule has 3 aliphatic heterocycles. The summed E-state index contributed by atoms with van der Waals surface area (Å²) < 4.78 is 3.66. The van der Waals surface area contributed by atoms with E-state index >= 15 is 0 Å². The van der Waals surface area contributed by atoms with Gasteiger partial charge >= 0.3 is 0 Å². The average Bonchev–Trinajstić information content (AvgIpc) is 3.42. The predicted molar refractivity (Wildman–Crippen MR) is 283 cm³/mol. The Kier molecular flexibility index (Phi) is 21.5. The number of aromatic nitrogens is 4. The third-order valence-corrected chi connectivity index (χ3v) is 12.4. The van der Waals surface area contributed by atoms with Gasteiger partial charge in [0.15, 0.2) is 0 Å². The van der Waals surface area contributed by atoms with Crippen LogP contribution in [0, 0.1) is 0 Å². The van der Waals surface area contributed by atoms with Crippen molar-refractivity contribution in [3.63, 3.8) is 0 Å². The number of benzene rings is 1. The second-order valence-electron chi connectivity index (χ2n) is 18.0. The Morgan fingerprint density at radius 2 is 0.922 bits per heavy atom. The van der Waals surface area contributed by atoms with Crippen LogP contribution in [0.5, 0.6) is 0 Å². The van der Waals surface area contributed by atoms with Crippen LogP contribution in [0.2, 0.25) is 0 Å². The first-order valence-electron chi connectivity index (χ1n) is 25.8. The van der Waals surface area contributed by atoms with Crippen molar-refractivity contribution in [3.05, 3.63) is 172 Å². The average molecular weight is 1060 g/mol. The van der Waals surface area contributed by atoms with Crippen LogP contribution in [-0.2, 0) is 13.7 Å². The van der Waals surface area contributed by atoms with E-state index in [1.54, 1.807) is 0 Å². The highest BCUT2D eigenvalue weighted by Crippen LogP contribution is 2.11. The maximum absolute atomic E-state index is 14.5. The van der Waals surface area contributed by atoms with Crippen LogP contribution in [0.3, 0.4) is 0 Å². The minimum atomic E-state index is -0.909. The molecular formula is C54H66N10O13. The molecule has 410 valence electrons. The second-order valence-corrected chi connectivity index (χ2v) is 18.0. The molecule has 0 saturated heterocycles. The van der Waals surface area contributed by atoms with Crippen molar-refractivity contribution in [3.8, 4) is 0 Å². The largest absolute Gasteiger partial charge is 0.410 e. The summed E-state index contributed by atoms with van der Waals surface area (Å²) in [6, 6.07) is 22.5. The number of hydrogen-bond acceptors (Lipinski definition) is 13. The fourth-order valence-corrected chi connectivity index (χ4v) is 8.06. The van der Waals surface area contributed by atoms with Gasteiger partial charge in [-0.1, -0.05) is 69.2 Å². The number of rotatable bonds is 13. The highest BCUT2D eigenvalue weighted by atomic mass is 16.7. The van der Waals surface area contributed by atoms with E-state index in [1.165, 1.54) is 82.1 Å². The van der Waals surface area contributed by atoms with Gasteiger partial charge in [0.1, 0.15) is 53.7 Å². The van der Waals surface area contributed by atoms with E-state index in [9.17, 15) is 47.9 Å². The Morgan fingerprint density at radius 3 is 1.43 bits per heavy atom. The number of fused-ring (bicyclic) bond motifs is 2. The molecule has 0 unspecified atom stereocenters. The first kappa shape index (κ1) is 57.5. The summed E-state index contributed by atoms with van der Waals surface area (Å²) in [5.41, 5.74) is -3.07. The zero-order valence-electron chi connectivity index (χ0n) is 43.6. The van der Waals surface area contributed by atoms with E-state index in [-0.39, 0.29) is 119 Å². The van der Waals surface area contributed by atoms with Gasteiger partial charge in [0, 0.05) is 71.5 Å². The summed E-state index contributed by atoms with van der Waals surface area (Å²) in [5, 5.41) is 10.7. The smallest absolute Gasteiger partial charge is 0.296 e. The van der Waals surface area contributed by atoms with Gasteiger partial charge in [-0.05, 0) is 80.5 Å². The molecule has 0 saturated carbocycles. The van der Waals surface area contributed by atoms with Crippen molar-refractivity contribution in [1.82, 2.24) is 49.8 Å². The first-order valence-corrected chi connectivity index (χ1v) is 25.8. The number of carbonyl (C=O) groups excluding carboxylic acids is 6. The molecule has 6 amide bonds. The Bertz CT molecular complexity index is 3130. The van der Waals surface area contributed by atoms with Crippen molar-refractivity contribution in [2.75, 3.05) is 65.6 Å². The number of nitrogens with one attached hydrogen (secondary N) is 4. The molecule has 4 aromatic heterocycles. The maximum atomic E-state index is 14.5. The standard InChI is InChI=1S/C54H66N10O13/c1-4-6-35-75-63-41-25-23-39(51(63)71)47(67)55-27-15-33-60(53(73)43-19-13-21-45(65)59(43)3)31-11-12-32-61(54(74)44-20-14-22-46(66)62(44)77-37-38-17-9-8-10-18-38)34-16-28-56-48(68)40-24-26-42(50(70)58-30-29-57-49(41)69)64(52(40)72)76-36-7-5-2/h8-10,13-14,17-26H,4-7,11-12,15-16,27-37H2,1-3H3,(H,55,67)(H,56,68)(H,57,69)(H,58,70). The van der Waals surface area contributed by atoms with Gasteiger partial charge in [0.05, 0.1) is 0 Å². The Labute approximate surface area is 443 Å². The second kappa shape index (κ2) is 28.8. The summed E-state index contributed by atoms with van der Waals surface area (Å²) in [7, 11) is 1.48. The zero-order valence-corrected chi connectivity index (χ0v) is 43.6. The van der Waals surface area contributed by atoms with Crippen molar-refractivity contribution < 1.29 is 43.3 Å². The number of carbonyl (C=O) groups is 6. The van der Waals surface area contributed by atoms with E-state index in [2.05, 4.69) is 21.3 Å². The van der Waals surface area contributed by atoms with Gasteiger partial charge in [-0.2, -0.15) is 0 Å². The third-order valence-electron chi connectivity index (χ3n) is 12.4. The van der Waals surface area contributed by atoms with Crippen molar-refractivity contribution in [2.24, 2.45) is 7.05 Å². The Balaban J connectivity index is 1.30. The van der Waals surface area contributed by atoms with Crippen molar-refractivity contribution in [1.29, 1.82) is 0 Å². The third kappa shape index (κ3) is 15.4. The van der Waals surface area contributed by atoms with Gasteiger partial charge in [0.2, 0.25) is 0 Å². The van der Waals surface area contributed by atoms with Crippen LogP contribution >= 0.6 is 0 Å². The molecule has 4 bridgehead atoms. The fraction of sp³-hybridized carbons (Fsp3) is 0.407. The number of unbranched alkanes of at least 4 members (excludes halogenated alkanes) is 2. The number of hydrogen-bond donors (Lipinski definition) is 4. The summed E-state index contributed by atoms with van der Waals surface area (Å²) >= 11 is 0. The minimum Gasteiger partial charge on any atom is -0.410 e. The lowest BCUT2D eigenvalue weighted by molar-refractivity contribution is 0.0576. The van der Waals surface area contributed by atoms with Crippen LogP contribution in [0.15, 0.2) is 110 Å². The molecule has 3 aliphatic rings. The molecule has 4 N–H and O–H groups in total. The van der Waals surface area contributed by atoms with Crippen LogP contribution < -0.4 is 58.0 Å². The number of pyridine rings is 4. The summed E-state index contributed by atoms with van der Waals surface area (Å²) in [4.78, 5) is 157. The highest BCUT2D eigenvalue weighted by molar-refractivity contribution is 5.98. The van der Waals surface area contributed by atoms with Crippen molar-refractivity contribution >= 4 is 35.4 Å². The van der Waals surface area contributed by atoms with Crippen LogP contribution in [0.1, 0.15) is 133 Å². The lowest BCUT2D eigenvalue weighted by Gasteiger charge is -2.26. The summed E-state index contributed by atoms with van der Waals surface area (Å²) in [6.07, 6.45) is 3.50. The SMILES string of the molecule is CCCCOn1c2ccc(c1=O)C(=O)NCCCN(C(=O)c1cccc(=O)n1C)CCCCN(C(=O)c1cccc(=O)n1OCc1ccccc1)CCCNC(=O)c1ccc(n(OCCCC)c1=O)C(=O)NCCNC2=O. The molecule has 1 aromatic carbocycles. The molecular weight excluding hydrogens is 997 g/mol. The highest BCUT2D eigenvalue weighted by Gasteiger charge is 2.25. The normalized spacial score (nSPS) is 14.7. The molecule has 0 fully saturated rings. The fourth-order valence-electron chi connectivity index (χ4n) is 8.06. The molecule has 0 radical (unpaired) electrons. The van der Waals surface area contributed by atoms with Crippen molar-refractivity contribution in [2.45, 2.75) is 71.8 Å². The van der Waals surface area contributed by atoms with Gasteiger partial charge in [-0.15, -0.1) is 14.2 Å². The van der Waals surface area contributed by atoms with Gasteiger partial charge in [-0.3, -0.25) is 47.9 Å². The molecule has 8 rings (SSSR count). The Morgan fingerprint density at radius 1 is 0.468 bits per heavy atom. The van der Waals surface area contributed by atoms with Gasteiger partial charge in [-0.25, -0.2) is 0 Å². The van der Waals surface area contributed by atoms with E-state index in [0.717, 1.165) is 19.8 Å². The van der Waals surface area contributed by atoms with E-state index in [4.69, 9.17) is 14.5 Å². The first-order chi connectivity index (χ1) is 37.2. The molecule has 77 heavy (non-hydrogen) atoms. The van der Waals surface area contributed by atoms with E-state index in [1.807, 2.05) is 44.2 Å². The molecule has 0 spiro atoms. The van der Waals surface area contributed by atoms with Crippen LogP contribution in [-0.4, -0.2) is 130 Å². The lowest BCUT2D eigenvalue weighted by Crippen LogP contribution is -2.43. The predicted octanol–water partition coefficient (Wildman–Crippen LogP) is 1.43. The molecule has 23 nitrogen and oxygen atoms in total. The Hall–Kier alpha value is -8.76. The van der Waals surface area contributed by atoms with Crippen LogP contribution in [0.4, 0.5) is 0 Å². The topological polar surface area (TPSA) is 273 Å². The maximum Gasteiger partial charge on any atom is 0.296 e.